The van der Waals surface area contributed by atoms with Crippen LogP contribution in [0.2, 0.25) is 0 Å². The third-order valence-corrected chi connectivity index (χ3v) is 2.33. The number of amides is 1. The van der Waals surface area contributed by atoms with E-state index in [0.29, 0.717) is 18.9 Å². The molecule has 1 aromatic heterocycles. The highest BCUT2D eigenvalue weighted by atomic mass is 16.2. The lowest BCUT2D eigenvalue weighted by molar-refractivity contribution is -0.128. The fourth-order valence-corrected chi connectivity index (χ4v) is 1.27. The SMILES string of the molecule is CC(C)c1nccc(NCCC(=O)N(C)C)n1. The van der Waals surface area contributed by atoms with Crippen molar-refractivity contribution in [1.82, 2.24) is 14.9 Å². The van der Waals surface area contributed by atoms with Crippen LogP contribution in [-0.4, -0.2) is 41.4 Å². The summed E-state index contributed by atoms with van der Waals surface area (Å²) in [5.41, 5.74) is 0. The van der Waals surface area contributed by atoms with Crippen LogP contribution in [0.4, 0.5) is 5.82 Å². The maximum Gasteiger partial charge on any atom is 0.223 e. The summed E-state index contributed by atoms with van der Waals surface area (Å²) in [7, 11) is 3.51. The van der Waals surface area contributed by atoms with Gasteiger partial charge in [0.1, 0.15) is 11.6 Å². The van der Waals surface area contributed by atoms with E-state index in [-0.39, 0.29) is 5.91 Å². The van der Waals surface area contributed by atoms with Gasteiger partial charge in [0.25, 0.3) is 0 Å². The van der Waals surface area contributed by atoms with E-state index in [1.807, 2.05) is 6.07 Å². The number of carbonyl (C=O) groups excluding carboxylic acids is 1. The minimum atomic E-state index is 0.107. The molecule has 1 heterocycles. The topological polar surface area (TPSA) is 58.1 Å². The molecule has 0 spiro atoms. The maximum absolute atomic E-state index is 11.4. The van der Waals surface area contributed by atoms with Gasteiger partial charge < -0.3 is 10.2 Å². The van der Waals surface area contributed by atoms with Crippen molar-refractivity contribution < 1.29 is 4.79 Å². The third kappa shape index (κ3) is 4.38. The Kier molecular flexibility index (Phi) is 4.87. The molecule has 17 heavy (non-hydrogen) atoms. The molecule has 5 nitrogen and oxygen atoms in total. The molecule has 0 radical (unpaired) electrons. The first-order valence-electron chi connectivity index (χ1n) is 5.77. The molecule has 1 rings (SSSR count). The van der Waals surface area contributed by atoms with Crippen LogP contribution in [0.5, 0.6) is 0 Å². The second-order valence-electron chi connectivity index (χ2n) is 4.42. The van der Waals surface area contributed by atoms with Crippen molar-refractivity contribution in [2.24, 2.45) is 0 Å². The van der Waals surface area contributed by atoms with E-state index in [2.05, 4.69) is 29.1 Å². The normalized spacial score (nSPS) is 10.4. The van der Waals surface area contributed by atoms with E-state index in [4.69, 9.17) is 0 Å². The van der Waals surface area contributed by atoms with E-state index in [1.165, 1.54) is 0 Å². The Labute approximate surface area is 102 Å². The molecule has 0 saturated heterocycles. The van der Waals surface area contributed by atoms with Crippen molar-refractivity contribution in [2.75, 3.05) is 26.0 Å². The molecule has 94 valence electrons. The molecule has 1 amide bonds. The van der Waals surface area contributed by atoms with Gasteiger partial charge in [-0.25, -0.2) is 9.97 Å². The van der Waals surface area contributed by atoms with Crippen LogP contribution in [0.25, 0.3) is 0 Å². The molecule has 5 heteroatoms. The minimum absolute atomic E-state index is 0.107. The molecule has 0 aliphatic carbocycles. The predicted octanol–water partition coefficient (Wildman–Crippen LogP) is 1.49. The Bertz CT molecular complexity index is 377. The highest BCUT2D eigenvalue weighted by molar-refractivity contribution is 5.76. The number of nitrogens with zero attached hydrogens (tertiary/aromatic N) is 3. The van der Waals surface area contributed by atoms with Gasteiger partial charge in [0.2, 0.25) is 5.91 Å². The number of rotatable bonds is 5. The van der Waals surface area contributed by atoms with Crippen molar-refractivity contribution in [2.45, 2.75) is 26.2 Å². The molecule has 0 fully saturated rings. The van der Waals surface area contributed by atoms with Gasteiger partial charge in [-0.05, 0) is 6.07 Å². The lowest BCUT2D eigenvalue weighted by atomic mass is 10.2. The van der Waals surface area contributed by atoms with E-state index >= 15 is 0 Å². The Morgan fingerprint density at radius 3 is 2.76 bits per heavy atom. The van der Waals surface area contributed by atoms with Gasteiger partial charge in [-0.2, -0.15) is 0 Å². The lowest BCUT2D eigenvalue weighted by Gasteiger charge is -2.11. The van der Waals surface area contributed by atoms with Crippen molar-refractivity contribution >= 4 is 11.7 Å². The van der Waals surface area contributed by atoms with Gasteiger partial charge in [0.15, 0.2) is 0 Å². The quantitative estimate of drug-likeness (QED) is 0.841. The number of hydrogen-bond donors (Lipinski definition) is 1. The van der Waals surface area contributed by atoms with Crippen LogP contribution in [0.1, 0.15) is 32.0 Å². The first-order valence-corrected chi connectivity index (χ1v) is 5.77. The number of nitrogens with one attached hydrogen (secondary N) is 1. The smallest absolute Gasteiger partial charge is 0.223 e. The van der Waals surface area contributed by atoms with Crippen LogP contribution in [-0.2, 0) is 4.79 Å². The molecular formula is C12H20N4O. The zero-order valence-corrected chi connectivity index (χ0v) is 10.9. The van der Waals surface area contributed by atoms with E-state index in [1.54, 1.807) is 25.2 Å². The number of hydrogen-bond acceptors (Lipinski definition) is 4. The standard InChI is InChI=1S/C12H20N4O/c1-9(2)12-14-7-5-10(15-12)13-8-6-11(17)16(3)4/h5,7,9H,6,8H2,1-4H3,(H,13,14,15). The molecule has 1 N–H and O–H groups in total. The first-order chi connectivity index (χ1) is 8.00. The Hall–Kier alpha value is -1.65. The zero-order chi connectivity index (χ0) is 12.8. The number of aromatic nitrogens is 2. The van der Waals surface area contributed by atoms with Gasteiger partial charge in [-0.1, -0.05) is 13.8 Å². The Balaban J connectivity index is 2.47. The summed E-state index contributed by atoms with van der Waals surface area (Å²) in [6.45, 7) is 4.69. The Morgan fingerprint density at radius 1 is 1.47 bits per heavy atom. The van der Waals surface area contributed by atoms with Crippen LogP contribution < -0.4 is 5.32 Å². The van der Waals surface area contributed by atoms with Crippen molar-refractivity contribution in [1.29, 1.82) is 0 Å². The van der Waals surface area contributed by atoms with Crippen molar-refractivity contribution in [3.63, 3.8) is 0 Å². The van der Waals surface area contributed by atoms with Gasteiger partial charge >= 0.3 is 0 Å². The zero-order valence-electron chi connectivity index (χ0n) is 10.9. The fourth-order valence-electron chi connectivity index (χ4n) is 1.27. The monoisotopic (exact) mass is 236 g/mol. The molecule has 0 atom stereocenters. The molecule has 0 aliphatic heterocycles. The second kappa shape index (κ2) is 6.18. The maximum atomic E-state index is 11.4. The minimum Gasteiger partial charge on any atom is -0.369 e. The average molecular weight is 236 g/mol. The van der Waals surface area contributed by atoms with Crippen molar-refractivity contribution in [3.05, 3.63) is 18.1 Å². The van der Waals surface area contributed by atoms with Crippen LogP contribution in [0.15, 0.2) is 12.3 Å². The van der Waals surface area contributed by atoms with Crippen LogP contribution >= 0.6 is 0 Å². The summed E-state index contributed by atoms with van der Waals surface area (Å²) in [6, 6.07) is 1.81. The highest BCUT2D eigenvalue weighted by Gasteiger charge is 2.05. The Morgan fingerprint density at radius 2 is 2.18 bits per heavy atom. The molecule has 0 bridgehead atoms. The van der Waals surface area contributed by atoms with Gasteiger partial charge in [0.05, 0.1) is 0 Å². The largest absolute Gasteiger partial charge is 0.369 e. The summed E-state index contributed by atoms with van der Waals surface area (Å²) in [5.74, 6) is 2.00. The van der Waals surface area contributed by atoms with Crippen molar-refractivity contribution in [3.8, 4) is 0 Å². The van der Waals surface area contributed by atoms with E-state index in [9.17, 15) is 4.79 Å². The highest BCUT2D eigenvalue weighted by Crippen LogP contribution is 2.10. The van der Waals surface area contributed by atoms with E-state index < -0.39 is 0 Å². The van der Waals surface area contributed by atoms with Gasteiger partial charge in [-0.3, -0.25) is 4.79 Å². The van der Waals surface area contributed by atoms with Gasteiger partial charge in [-0.15, -0.1) is 0 Å². The van der Waals surface area contributed by atoms with Crippen LogP contribution in [0.3, 0.4) is 0 Å². The molecular weight excluding hydrogens is 216 g/mol. The summed E-state index contributed by atoms with van der Waals surface area (Å²) < 4.78 is 0. The summed E-state index contributed by atoms with van der Waals surface area (Å²) in [4.78, 5) is 21.5. The number of anilines is 1. The lowest BCUT2D eigenvalue weighted by Crippen LogP contribution is -2.24. The summed E-state index contributed by atoms with van der Waals surface area (Å²) >= 11 is 0. The first kappa shape index (κ1) is 13.4. The molecule has 0 aromatic carbocycles. The fraction of sp³-hybridized carbons (Fsp3) is 0.583. The third-order valence-electron chi connectivity index (χ3n) is 2.33. The molecule has 0 aliphatic rings. The average Bonchev–Trinajstić information content (AvgIpc) is 2.29. The summed E-state index contributed by atoms with van der Waals surface area (Å²) in [5, 5.41) is 3.13. The number of carbonyl (C=O) groups is 1. The molecule has 1 aromatic rings. The van der Waals surface area contributed by atoms with Gasteiger partial charge in [0, 0.05) is 39.2 Å². The predicted molar refractivity (Wildman–Crippen MR) is 67.9 cm³/mol. The molecule has 0 unspecified atom stereocenters. The molecule has 0 saturated carbocycles. The van der Waals surface area contributed by atoms with E-state index in [0.717, 1.165) is 11.6 Å². The van der Waals surface area contributed by atoms with Crippen LogP contribution in [0, 0.1) is 0 Å². The second-order valence-corrected chi connectivity index (χ2v) is 4.42. The summed E-state index contributed by atoms with van der Waals surface area (Å²) in [6.07, 6.45) is 2.20.